The maximum atomic E-state index is 12.3. The van der Waals surface area contributed by atoms with Crippen LogP contribution in [0, 0.1) is 0 Å². The van der Waals surface area contributed by atoms with Gasteiger partial charge >= 0.3 is 0 Å². The summed E-state index contributed by atoms with van der Waals surface area (Å²) in [7, 11) is 0. The average molecular weight is 411 g/mol. The van der Waals surface area contributed by atoms with Crippen molar-refractivity contribution in [2.24, 2.45) is 0 Å². The summed E-state index contributed by atoms with van der Waals surface area (Å²) in [6.45, 7) is 4.04. The normalized spacial score (nSPS) is 11.2. The summed E-state index contributed by atoms with van der Waals surface area (Å²) in [5, 5.41) is 8.44. The monoisotopic (exact) mass is 410 g/mol. The van der Waals surface area contributed by atoms with Gasteiger partial charge in [0.2, 0.25) is 11.8 Å². The Hall–Kier alpha value is -2.71. The van der Waals surface area contributed by atoms with Crippen LogP contribution >= 0.6 is 23.1 Å². The molecule has 0 saturated heterocycles. The molecule has 0 atom stereocenters. The molecule has 3 heterocycles. The molecule has 0 aliphatic rings. The summed E-state index contributed by atoms with van der Waals surface area (Å²) in [6, 6.07) is 14.0. The Morgan fingerprint density at radius 3 is 2.79 bits per heavy atom. The van der Waals surface area contributed by atoms with Gasteiger partial charge in [-0.1, -0.05) is 61.1 Å². The Morgan fingerprint density at radius 2 is 2.04 bits per heavy atom. The van der Waals surface area contributed by atoms with Crippen LogP contribution in [0.4, 0.5) is 5.88 Å². The molecular weight excluding hydrogens is 392 g/mol. The summed E-state index contributed by atoms with van der Waals surface area (Å²) >= 11 is 3.00. The maximum Gasteiger partial charge on any atom is 0.237 e. The Labute approximate surface area is 170 Å². The number of nitrogens with one attached hydrogen (secondary N) is 1. The number of amides is 1. The number of hydrogen-bond donors (Lipinski definition) is 1. The minimum Gasteiger partial charge on any atom is -0.338 e. The summed E-state index contributed by atoms with van der Waals surface area (Å²) in [5.74, 6) is 0.668. The molecule has 1 amide bonds. The Morgan fingerprint density at radius 1 is 1.21 bits per heavy atom. The van der Waals surface area contributed by atoms with Crippen molar-refractivity contribution in [3.05, 3.63) is 54.5 Å². The van der Waals surface area contributed by atoms with Crippen LogP contribution < -0.4 is 5.32 Å². The van der Waals surface area contributed by atoms with E-state index in [0.717, 1.165) is 31.4 Å². The lowest BCUT2D eigenvalue weighted by atomic mass is 10.1. The fourth-order valence-corrected chi connectivity index (χ4v) is 4.46. The second-order valence-electron chi connectivity index (χ2n) is 6.48. The van der Waals surface area contributed by atoms with Gasteiger partial charge in [-0.3, -0.25) is 10.1 Å². The van der Waals surface area contributed by atoms with E-state index in [1.54, 1.807) is 23.7 Å². The van der Waals surface area contributed by atoms with Gasteiger partial charge in [0.05, 0.1) is 11.4 Å². The smallest absolute Gasteiger partial charge is 0.237 e. The molecule has 0 aliphatic heterocycles. The summed E-state index contributed by atoms with van der Waals surface area (Å²) in [4.78, 5) is 23.0. The van der Waals surface area contributed by atoms with Crippen molar-refractivity contribution < 1.29 is 9.32 Å². The molecule has 6 nitrogen and oxygen atoms in total. The highest BCUT2D eigenvalue weighted by molar-refractivity contribution is 8.00. The Kier molecular flexibility index (Phi) is 5.40. The quantitative estimate of drug-likeness (QED) is 0.347. The molecule has 4 aromatic rings. The third kappa shape index (κ3) is 4.07. The van der Waals surface area contributed by atoms with Crippen LogP contribution in [0.3, 0.4) is 0 Å². The Balaban J connectivity index is 1.47. The standard InChI is InChI=1S/C20H18N4O2S2/c1-12(2)15-9-18(26-24-15)23-17(25)10-27-19-14-8-16(13-6-4-3-5-7-13)28-20(14)22-11-21-19/h3-9,11-12H,10H2,1-2H3,(H,23,25). The summed E-state index contributed by atoms with van der Waals surface area (Å²) in [5.41, 5.74) is 1.96. The number of benzene rings is 1. The molecule has 0 aliphatic carbocycles. The van der Waals surface area contributed by atoms with Crippen LogP contribution in [0.1, 0.15) is 25.5 Å². The molecule has 3 aromatic heterocycles. The van der Waals surface area contributed by atoms with Crippen LogP contribution in [0.5, 0.6) is 0 Å². The van der Waals surface area contributed by atoms with E-state index < -0.39 is 0 Å². The number of thiophene rings is 1. The molecule has 0 fully saturated rings. The van der Waals surface area contributed by atoms with Crippen molar-refractivity contribution in [3.63, 3.8) is 0 Å². The molecule has 142 valence electrons. The highest BCUT2D eigenvalue weighted by atomic mass is 32.2. The molecule has 8 heteroatoms. The predicted octanol–water partition coefficient (Wildman–Crippen LogP) is 5.20. The summed E-state index contributed by atoms with van der Waals surface area (Å²) in [6.07, 6.45) is 1.54. The number of aromatic nitrogens is 3. The van der Waals surface area contributed by atoms with Crippen molar-refractivity contribution in [1.29, 1.82) is 0 Å². The van der Waals surface area contributed by atoms with Crippen molar-refractivity contribution in [3.8, 4) is 10.4 Å². The molecule has 0 bridgehead atoms. The van der Waals surface area contributed by atoms with Crippen molar-refractivity contribution in [2.75, 3.05) is 11.1 Å². The number of rotatable bonds is 6. The van der Waals surface area contributed by atoms with Crippen LogP contribution in [-0.4, -0.2) is 26.8 Å². The van der Waals surface area contributed by atoms with Gasteiger partial charge in [-0.2, -0.15) is 0 Å². The predicted molar refractivity (Wildman–Crippen MR) is 113 cm³/mol. The molecule has 1 aromatic carbocycles. The van der Waals surface area contributed by atoms with E-state index in [1.807, 2.05) is 32.0 Å². The third-order valence-electron chi connectivity index (χ3n) is 4.07. The van der Waals surface area contributed by atoms with Gasteiger partial charge in [-0.25, -0.2) is 9.97 Å². The lowest BCUT2D eigenvalue weighted by molar-refractivity contribution is -0.113. The number of carbonyl (C=O) groups excluding carboxylic acids is 1. The Bertz CT molecular complexity index is 1110. The fourth-order valence-electron chi connectivity index (χ4n) is 2.62. The first-order valence-corrected chi connectivity index (χ1v) is 10.6. The molecule has 0 unspecified atom stereocenters. The molecular formula is C20H18N4O2S2. The van der Waals surface area contributed by atoms with Gasteiger partial charge in [0.25, 0.3) is 0 Å². The van der Waals surface area contributed by atoms with Crippen LogP contribution in [-0.2, 0) is 4.79 Å². The van der Waals surface area contributed by atoms with E-state index in [-0.39, 0.29) is 17.6 Å². The first kappa shape index (κ1) is 18.6. The summed E-state index contributed by atoms with van der Waals surface area (Å²) < 4.78 is 5.16. The van der Waals surface area contributed by atoms with Gasteiger partial charge < -0.3 is 4.52 Å². The minimum absolute atomic E-state index is 0.165. The van der Waals surface area contributed by atoms with Gasteiger partial charge in [-0.15, -0.1) is 11.3 Å². The van der Waals surface area contributed by atoms with Crippen LogP contribution in [0.2, 0.25) is 0 Å². The van der Waals surface area contributed by atoms with Crippen LogP contribution in [0.25, 0.3) is 20.7 Å². The lowest BCUT2D eigenvalue weighted by Crippen LogP contribution is -2.13. The van der Waals surface area contributed by atoms with Crippen LogP contribution in [0.15, 0.2) is 58.3 Å². The lowest BCUT2D eigenvalue weighted by Gasteiger charge is -2.02. The molecule has 4 rings (SSSR count). The number of fused-ring (bicyclic) bond motifs is 1. The third-order valence-corrected chi connectivity index (χ3v) is 6.17. The zero-order chi connectivity index (χ0) is 19.5. The van der Waals surface area contributed by atoms with E-state index >= 15 is 0 Å². The fraction of sp³-hybridized carbons (Fsp3) is 0.200. The number of thioether (sulfide) groups is 1. The SMILES string of the molecule is CC(C)c1cc(NC(=O)CSc2ncnc3sc(-c4ccccc4)cc23)on1. The number of carbonyl (C=O) groups is 1. The van der Waals surface area contributed by atoms with Gasteiger partial charge in [0, 0.05) is 16.3 Å². The zero-order valence-corrected chi connectivity index (χ0v) is 17.0. The maximum absolute atomic E-state index is 12.3. The van der Waals surface area contributed by atoms with Gasteiger partial charge in [0.15, 0.2) is 0 Å². The van der Waals surface area contributed by atoms with Crippen molar-refractivity contribution in [1.82, 2.24) is 15.1 Å². The topological polar surface area (TPSA) is 80.9 Å². The van der Waals surface area contributed by atoms with Crippen molar-refractivity contribution >= 4 is 45.1 Å². The minimum atomic E-state index is -0.165. The van der Waals surface area contributed by atoms with E-state index in [2.05, 4.69) is 38.6 Å². The second kappa shape index (κ2) is 8.12. The van der Waals surface area contributed by atoms with E-state index in [0.29, 0.717) is 5.88 Å². The first-order valence-electron chi connectivity index (χ1n) is 8.79. The number of nitrogens with zero attached hydrogens (tertiary/aromatic N) is 3. The second-order valence-corrected chi connectivity index (χ2v) is 8.48. The van der Waals surface area contributed by atoms with E-state index in [9.17, 15) is 4.79 Å². The molecule has 1 N–H and O–H groups in total. The number of anilines is 1. The largest absolute Gasteiger partial charge is 0.338 e. The molecule has 0 spiro atoms. The highest BCUT2D eigenvalue weighted by Crippen LogP contribution is 2.36. The van der Waals surface area contributed by atoms with E-state index in [1.165, 1.54) is 11.8 Å². The van der Waals surface area contributed by atoms with Crippen molar-refractivity contribution in [2.45, 2.75) is 24.8 Å². The molecule has 0 radical (unpaired) electrons. The first-order chi connectivity index (χ1) is 13.6. The number of hydrogen-bond acceptors (Lipinski definition) is 7. The van der Waals surface area contributed by atoms with Gasteiger partial charge in [0.1, 0.15) is 16.2 Å². The highest BCUT2D eigenvalue weighted by Gasteiger charge is 2.14. The van der Waals surface area contributed by atoms with Gasteiger partial charge in [-0.05, 0) is 17.5 Å². The zero-order valence-electron chi connectivity index (χ0n) is 15.4. The molecule has 28 heavy (non-hydrogen) atoms. The molecule has 0 saturated carbocycles. The average Bonchev–Trinajstić information content (AvgIpc) is 3.34. The van der Waals surface area contributed by atoms with E-state index in [4.69, 9.17) is 4.52 Å².